The van der Waals surface area contributed by atoms with Crippen LogP contribution in [0.2, 0.25) is 0 Å². The Kier molecular flexibility index (Phi) is 3.09. The van der Waals surface area contributed by atoms with Crippen LogP contribution in [-0.4, -0.2) is 34.6 Å². The Morgan fingerprint density at radius 3 is 2.28 bits per heavy atom. The van der Waals surface area contributed by atoms with Crippen molar-refractivity contribution in [2.45, 2.75) is 30.7 Å². The molecule has 0 aromatic heterocycles. The van der Waals surface area contributed by atoms with E-state index in [1.54, 1.807) is 0 Å². The van der Waals surface area contributed by atoms with Gasteiger partial charge in [-0.2, -0.15) is 17.6 Å². The summed E-state index contributed by atoms with van der Waals surface area (Å²) in [4.78, 5) is 18.5. The molecule has 0 N–H and O–H groups in total. The second-order valence-corrected chi connectivity index (χ2v) is 3.50. The number of carbonyl (C=O) groups is 1. The van der Waals surface area contributed by atoms with E-state index < -0.39 is 34.6 Å². The highest BCUT2D eigenvalue weighted by Crippen LogP contribution is 2.51. The topological polar surface area (TPSA) is 69.4 Å². The van der Waals surface area contributed by atoms with Gasteiger partial charge in [0, 0.05) is 13.0 Å². The fraction of sp³-hybridized carbons (Fsp3) is 0.625. The molecule has 18 heavy (non-hydrogen) atoms. The minimum atomic E-state index is -5.34. The summed E-state index contributed by atoms with van der Waals surface area (Å²) in [5.41, 5.74) is 0. The van der Waals surface area contributed by atoms with E-state index in [9.17, 15) is 36.9 Å². The van der Waals surface area contributed by atoms with E-state index in [1.807, 2.05) is 0 Å². The van der Waals surface area contributed by atoms with Crippen molar-refractivity contribution in [1.29, 1.82) is 0 Å². The molecule has 0 saturated carbocycles. The Hall–Kier alpha value is -1.74. The summed E-state index contributed by atoms with van der Waals surface area (Å²) in [7, 11) is 0. The Bertz CT molecular complexity index is 428. The number of carbonyl (C=O) groups excluding carboxylic acids is 1. The summed E-state index contributed by atoms with van der Waals surface area (Å²) in [5.74, 6) is -16.6. The second kappa shape index (κ2) is 3.89. The monoisotopic (exact) mass is 275 g/mol. The number of rotatable bonds is 2. The molecule has 0 spiro atoms. The number of allylic oxidation sites excluding steroid dienone is 1. The van der Waals surface area contributed by atoms with Gasteiger partial charge in [-0.1, -0.05) is 0 Å². The van der Waals surface area contributed by atoms with Crippen molar-refractivity contribution >= 4 is 5.97 Å². The van der Waals surface area contributed by atoms with Gasteiger partial charge in [-0.15, -0.1) is 0 Å². The third-order valence-corrected chi connectivity index (χ3v) is 2.26. The Morgan fingerprint density at radius 1 is 1.39 bits per heavy atom. The summed E-state index contributed by atoms with van der Waals surface area (Å²) in [6, 6.07) is 0. The van der Waals surface area contributed by atoms with Gasteiger partial charge in [0.1, 0.15) is 0 Å². The molecule has 3 unspecified atom stereocenters. The highest BCUT2D eigenvalue weighted by atomic mass is 19.3. The van der Waals surface area contributed by atoms with Gasteiger partial charge in [-0.3, -0.25) is 14.9 Å². The van der Waals surface area contributed by atoms with Gasteiger partial charge in [0.2, 0.25) is 0 Å². The third-order valence-electron chi connectivity index (χ3n) is 2.26. The van der Waals surface area contributed by atoms with Crippen molar-refractivity contribution in [3.8, 4) is 0 Å². The van der Waals surface area contributed by atoms with Gasteiger partial charge in [-0.25, -0.2) is 4.39 Å². The molecule has 0 radical (unpaired) electrons. The number of ether oxygens (including phenoxy) is 1. The number of halogens is 5. The van der Waals surface area contributed by atoms with Crippen molar-refractivity contribution in [2.24, 2.45) is 0 Å². The lowest BCUT2D eigenvalue weighted by Crippen LogP contribution is -2.69. The van der Waals surface area contributed by atoms with Crippen LogP contribution in [0.15, 0.2) is 12.2 Å². The minimum absolute atomic E-state index is 0.149. The lowest BCUT2D eigenvalue weighted by molar-refractivity contribution is -0.670. The lowest BCUT2D eigenvalue weighted by Gasteiger charge is -2.37. The van der Waals surface area contributed by atoms with Crippen molar-refractivity contribution in [2.75, 3.05) is 0 Å². The van der Waals surface area contributed by atoms with Crippen LogP contribution in [0.4, 0.5) is 22.0 Å². The van der Waals surface area contributed by atoms with Crippen molar-refractivity contribution < 1.29 is 36.4 Å². The largest absolute Gasteiger partial charge is 0.497 e. The number of nitrogens with zero attached hydrogens (tertiary/aromatic N) is 1. The fourth-order valence-electron chi connectivity index (χ4n) is 1.41. The van der Waals surface area contributed by atoms with Crippen molar-refractivity contribution in [1.82, 2.24) is 0 Å². The molecule has 0 aliphatic heterocycles. The van der Waals surface area contributed by atoms with Gasteiger partial charge < -0.3 is 4.74 Å². The summed E-state index contributed by atoms with van der Waals surface area (Å²) in [6.07, 6.45) is -3.82. The first-order valence-electron chi connectivity index (χ1n) is 4.42. The first-order chi connectivity index (χ1) is 7.99. The van der Waals surface area contributed by atoms with E-state index in [1.165, 1.54) is 0 Å². The first kappa shape index (κ1) is 14.3. The molecule has 0 bridgehead atoms. The summed E-state index contributed by atoms with van der Waals surface area (Å²) < 4.78 is 70.3. The van der Waals surface area contributed by atoms with Crippen LogP contribution in [0, 0.1) is 10.1 Å². The molecule has 5 nitrogen and oxygen atoms in total. The SMILES string of the molecule is CC(=O)OC1(F)C=CC(F)C(F)(F)C1(F)[N+](=O)[O-]. The van der Waals surface area contributed by atoms with Crippen LogP contribution in [0.5, 0.6) is 0 Å². The fourth-order valence-corrected chi connectivity index (χ4v) is 1.41. The Labute approximate surface area is 96.4 Å². The molecule has 0 saturated heterocycles. The van der Waals surface area contributed by atoms with Crippen LogP contribution in [0.3, 0.4) is 0 Å². The lowest BCUT2D eigenvalue weighted by atomic mass is 9.89. The molecule has 10 heteroatoms. The van der Waals surface area contributed by atoms with E-state index >= 15 is 0 Å². The summed E-state index contributed by atoms with van der Waals surface area (Å²) in [5, 5.41) is 10.4. The van der Waals surface area contributed by atoms with E-state index in [-0.39, 0.29) is 12.2 Å². The highest BCUT2D eigenvalue weighted by Gasteiger charge is 2.84. The van der Waals surface area contributed by atoms with Crippen molar-refractivity contribution in [3.05, 3.63) is 22.3 Å². The summed E-state index contributed by atoms with van der Waals surface area (Å²) >= 11 is 0. The highest BCUT2D eigenvalue weighted by molar-refractivity contribution is 5.67. The number of nitro groups is 1. The first-order valence-corrected chi connectivity index (χ1v) is 4.42. The van der Waals surface area contributed by atoms with Crippen LogP contribution in [0.25, 0.3) is 0 Å². The minimum Gasteiger partial charge on any atom is -0.415 e. The maximum atomic E-state index is 13.8. The smallest absolute Gasteiger partial charge is 0.415 e. The van der Waals surface area contributed by atoms with Crippen LogP contribution in [0.1, 0.15) is 6.92 Å². The number of hydrogen-bond donors (Lipinski definition) is 0. The van der Waals surface area contributed by atoms with Gasteiger partial charge >= 0.3 is 23.5 Å². The molecule has 0 heterocycles. The number of esters is 1. The van der Waals surface area contributed by atoms with E-state index in [2.05, 4.69) is 4.74 Å². The number of hydrogen-bond acceptors (Lipinski definition) is 4. The standard InChI is InChI=1S/C8H6F5NO4/c1-4(15)18-6(10)3-2-5(9)7(11,12)8(6,13)14(16)17/h2-3,5H,1H3. The zero-order valence-corrected chi connectivity index (χ0v) is 8.70. The predicted octanol–water partition coefficient (Wildman–Crippen LogP) is 1.70. The molecule has 3 atom stereocenters. The van der Waals surface area contributed by atoms with Gasteiger partial charge in [0.15, 0.2) is 6.17 Å². The Balaban J connectivity index is 3.46. The van der Waals surface area contributed by atoms with Crippen LogP contribution < -0.4 is 0 Å². The van der Waals surface area contributed by atoms with Crippen LogP contribution >= 0.6 is 0 Å². The molecule has 0 amide bonds. The zero-order chi connectivity index (χ0) is 14.4. The van der Waals surface area contributed by atoms with E-state index in [0.29, 0.717) is 6.92 Å². The zero-order valence-electron chi connectivity index (χ0n) is 8.70. The molecule has 1 aliphatic rings. The molecule has 1 rings (SSSR count). The number of alkyl halides is 5. The molecule has 0 aromatic rings. The molecular formula is C8H6F5NO4. The predicted molar refractivity (Wildman–Crippen MR) is 45.4 cm³/mol. The maximum Gasteiger partial charge on any atom is 0.497 e. The Morgan fingerprint density at radius 2 is 1.89 bits per heavy atom. The quantitative estimate of drug-likeness (QED) is 0.192. The molecule has 1 aliphatic carbocycles. The van der Waals surface area contributed by atoms with Crippen molar-refractivity contribution in [3.63, 3.8) is 0 Å². The van der Waals surface area contributed by atoms with E-state index in [0.717, 1.165) is 0 Å². The molecule has 0 fully saturated rings. The molecule has 0 aromatic carbocycles. The van der Waals surface area contributed by atoms with Gasteiger partial charge in [0.05, 0.1) is 4.92 Å². The molecule has 102 valence electrons. The van der Waals surface area contributed by atoms with E-state index in [4.69, 9.17) is 0 Å². The van der Waals surface area contributed by atoms with Gasteiger partial charge in [0.25, 0.3) is 0 Å². The average Bonchev–Trinajstić information content (AvgIpc) is 2.21. The normalized spacial score (nSPS) is 38.2. The van der Waals surface area contributed by atoms with Gasteiger partial charge in [-0.05, 0) is 6.08 Å². The summed E-state index contributed by atoms with van der Waals surface area (Å²) in [6.45, 7) is 0.523. The van der Waals surface area contributed by atoms with Crippen LogP contribution in [-0.2, 0) is 9.53 Å². The average molecular weight is 275 g/mol. The maximum absolute atomic E-state index is 13.8. The molecular weight excluding hydrogens is 269 g/mol. The third kappa shape index (κ3) is 1.63. The second-order valence-electron chi connectivity index (χ2n) is 3.50.